The lowest BCUT2D eigenvalue weighted by Crippen LogP contribution is -2.28. The van der Waals surface area contributed by atoms with E-state index in [1.165, 1.54) is 12.0 Å². The van der Waals surface area contributed by atoms with Gasteiger partial charge in [-0.25, -0.2) is 0 Å². The fraction of sp³-hybridized carbons (Fsp3) is 0.556. The molecule has 0 fully saturated rings. The Hall–Kier alpha value is -1.50. The largest absolute Gasteiger partial charge is 0.497 e. The van der Waals surface area contributed by atoms with Crippen LogP contribution in [0.15, 0.2) is 18.2 Å². The van der Waals surface area contributed by atoms with Crippen LogP contribution in [-0.4, -0.2) is 31.6 Å². The molecule has 0 heterocycles. The van der Waals surface area contributed by atoms with Crippen molar-refractivity contribution >= 4 is 0 Å². The van der Waals surface area contributed by atoms with Crippen LogP contribution in [0, 0.1) is 17.8 Å². The third-order valence-corrected chi connectivity index (χ3v) is 3.75. The van der Waals surface area contributed by atoms with Crippen LogP contribution in [0.2, 0.25) is 0 Å². The molecule has 0 aromatic heterocycles. The van der Waals surface area contributed by atoms with Gasteiger partial charge in [0.2, 0.25) is 0 Å². The quantitative estimate of drug-likeness (QED) is 0.784. The smallest absolute Gasteiger partial charge is 0.119 e. The Kier molecular flexibility index (Phi) is 7.89. The van der Waals surface area contributed by atoms with Crippen LogP contribution in [0.4, 0.5) is 0 Å². The summed E-state index contributed by atoms with van der Waals surface area (Å²) >= 11 is 0. The van der Waals surface area contributed by atoms with Crippen LogP contribution in [-0.2, 0) is 6.54 Å². The number of benzene rings is 1. The van der Waals surface area contributed by atoms with Gasteiger partial charge in [0, 0.05) is 18.7 Å². The Morgan fingerprint density at radius 3 is 2.67 bits per heavy atom. The van der Waals surface area contributed by atoms with Crippen molar-refractivity contribution in [2.24, 2.45) is 11.7 Å². The second kappa shape index (κ2) is 9.44. The summed E-state index contributed by atoms with van der Waals surface area (Å²) in [5, 5.41) is 0. The second-order valence-electron chi connectivity index (χ2n) is 5.37. The summed E-state index contributed by atoms with van der Waals surface area (Å²) in [5.74, 6) is 7.69. The zero-order valence-electron chi connectivity index (χ0n) is 13.8. The Balaban J connectivity index is 2.96. The van der Waals surface area contributed by atoms with Crippen LogP contribution in [0.25, 0.3) is 0 Å². The molecule has 0 aliphatic rings. The van der Waals surface area contributed by atoms with Gasteiger partial charge in [-0.1, -0.05) is 39.0 Å². The van der Waals surface area contributed by atoms with Crippen LogP contribution < -0.4 is 10.5 Å². The number of ether oxygens (including phenoxy) is 1. The molecule has 0 aliphatic heterocycles. The van der Waals surface area contributed by atoms with E-state index < -0.39 is 0 Å². The van der Waals surface area contributed by atoms with Gasteiger partial charge < -0.3 is 10.5 Å². The van der Waals surface area contributed by atoms with Crippen molar-refractivity contribution in [2.75, 3.05) is 26.7 Å². The first kappa shape index (κ1) is 17.6. The van der Waals surface area contributed by atoms with Crippen molar-refractivity contribution in [2.45, 2.75) is 33.7 Å². The van der Waals surface area contributed by atoms with E-state index in [-0.39, 0.29) is 0 Å². The Morgan fingerprint density at radius 2 is 2.10 bits per heavy atom. The van der Waals surface area contributed by atoms with E-state index >= 15 is 0 Å². The molecule has 3 heteroatoms. The maximum atomic E-state index is 5.49. The van der Waals surface area contributed by atoms with Crippen LogP contribution in [0.1, 0.15) is 38.3 Å². The Bertz CT molecular complexity index is 488. The average Bonchev–Trinajstić information content (AvgIpc) is 2.52. The maximum absolute atomic E-state index is 5.49. The molecule has 3 nitrogen and oxygen atoms in total. The average molecular weight is 288 g/mol. The van der Waals surface area contributed by atoms with Gasteiger partial charge in [0.05, 0.1) is 13.7 Å². The summed E-state index contributed by atoms with van der Waals surface area (Å²) in [5.41, 5.74) is 7.74. The molecule has 1 rings (SSSR count). The van der Waals surface area contributed by atoms with Gasteiger partial charge in [-0.05, 0) is 36.2 Å². The number of nitrogens with zero attached hydrogens (tertiary/aromatic N) is 1. The van der Waals surface area contributed by atoms with E-state index in [1.807, 2.05) is 12.1 Å². The molecule has 0 spiro atoms. The van der Waals surface area contributed by atoms with Gasteiger partial charge in [0.1, 0.15) is 5.75 Å². The van der Waals surface area contributed by atoms with Crippen molar-refractivity contribution in [3.63, 3.8) is 0 Å². The highest BCUT2D eigenvalue weighted by molar-refractivity contribution is 5.45. The van der Waals surface area contributed by atoms with Gasteiger partial charge in [-0.2, -0.15) is 0 Å². The van der Waals surface area contributed by atoms with Crippen LogP contribution >= 0.6 is 0 Å². The fourth-order valence-corrected chi connectivity index (χ4v) is 2.21. The predicted molar refractivity (Wildman–Crippen MR) is 89.3 cm³/mol. The minimum absolute atomic E-state index is 0.385. The molecule has 0 saturated heterocycles. The second-order valence-corrected chi connectivity index (χ2v) is 5.37. The predicted octanol–water partition coefficient (Wildman–Crippen LogP) is 2.87. The van der Waals surface area contributed by atoms with Crippen LogP contribution in [0.5, 0.6) is 5.75 Å². The summed E-state index contributed by atoms with van der Waals surface area (Å²) in [4.78, 5) is 2.45. The van der Waals surface area contributed by atoms with E-state index in [4.69, 9.17) is 10.5 Å². The zero-order chi connectivity index (χ0) is 15.7. The maximum Gasteiger partial charge on any atom is 0.119 e. The zero-order valence-corrected chi connectivity index (χ0v) is 13.8. The van der Waals surface area contributed by atoms with Gasteiger partial charge in [-0.3, -0.25) is 4.90 Å². The van der Waals surface area contributed by atoms with Crippen molar-refractivity contribution in [3.05, 3.63) is 29.3 Å². The lowest BCUT2D eigenvalue weighted by atomic mass is 10.0. The third kappa shape index (κ3) is 5.79. The van der Waals surface area contributed by atoms with Crippen LogP contribution in [0.3, 0.4) is 0 Å². The highest BCUT2D eigenvalue weighted by atomic mass is 16.5. The first-order valence-electron chi connectivity index (χ1n) is 7.72. The van der Waals surface area contributed by atoms with Crippen molar-refractivity contribution in [1.29, 1.82) is 0 Å². The third-order valence-electron chi connectivity index (χ3n) is 3.75. The molecule has 116 valence electrons. The molecule has 21 heavy (non-hydrogen) atoms. The lowest BCUT2D eigenvalue weighted by molar-refractivity contribution is 0.237. The fourth-order valence-electron chi connectivity index (χ4n) is 2.21. The molecule has 1 unspecified atom stereocenters. The van der Waals surface area contributed by atoms with E-state index in [2.05, 4.69) is 43.6 Å². The van der Waals surface area contributed by atoms with Crippen molar-refractivity contribution in [3.8, 4) is 17.6 Å². The number of nitrogens with two attached hydrogens (primary N) is 1. The summed E-state index contributed by atoms with van der Waals surface area (Å²) in [7, 11) is 1.70. The summed E-state index contributed by atoms with van der Waals surface area (Å²) in [6.07, 6.45) is 1.20. The van der Waals surface area contributed by atoms with Crippen molar-refractivity contribution in [1.82, 2.24) is 4.90 Å². The summed E-state index contributed by atoms with van der Waals surface area (Å²) in [6.45, 7) is 10.2. The van der Waals surface area contributed by atoms with E-state index in [0.717, 1.165) is 30.9 Å². The lowest BCUT2D eigenvalue weighted by Gasteiger charge is -2.24. The minimum atomic E-state index is 0.385. The van der Waals surface area contributed by atoms with Crippen molar-refractivity contribution < 1.29 is 4.74 Å². The molecular formula is C18H28N2O. The van der Waals surface area contributed by atoms with E-state index in [0.29, 0.717) is 12.5 Å². The number of rotatable bonds is 7. The number of hydrogen-bond donors (Lipinski definition) is 1. The molecule has 0 radical (unpaired) electrons. The summed E-state index contributed by atoms with van der Waals surface area (Å²) in [6, 6.07) is 6.06. The topological polar surface area (TPSA) is 38.5 Å². The first-order chi connectivity index (χ1) is 10.1. The summed E-state index contributed by atoms with van der Waals surface area (Å²) < 4.78 is 5.34. The molecule has 2 N–H and O–H groups in total. The molecule has 0 saturated carbocycles. The molecule has 1 aromatic rings. The highest BCUT2D eigenvalue weighted by Crippen LogP contribution is 2.19. The molecule has 1 atom stereocenters. The monoisotopic (exact) mass is 288 g/mol. The molecule has 0 bridgehead atoms. The van der Waals surface area contributed by atoms with Gasteiger partial charge in [0.15, 0.2) is 0 Å². The molecule has 0 amide bonds. The standard InChI is InChI=1S/C18H28N2O/c1-5-15(3)13-20(6-2)14-17-12-18(21-4)10-9-16(17)8-7-11-19/h9-10,12,15H,5-6,11,13-14,19H2,1-4H3. The molecule has 0 aliphatic carbocycles. The number of methoxy groups -OCH3 is 1. The van der Waals surface area contributed by atoms with Gasteiger partial charge >= 0.3 is 0 Å². The Labute approximate surface area is 129 Å². The van der Waals surface area contributed by atoms with E-state index in [1.54, 1.807) is 7.11 Å². The van der Waals surface area contributed by atoms with Gasteiger partial charge in [0.25, 0.3) is 0 Å². The first-order valence-corrected chi connectivity index (χ1v) is 7.72. The molecule has 1 aromatic carbocycles. The Morgan fingerprint density at radius 1 is 1.33 bits per heavy atom. The van der Waals surface area contributed by atoms with Gasteiger partial charge in [-0.15, -0.1) is 0 Å². The highest BCUT2D eigenvalue weighted by Gasteiger charge is 2.11. The SMILES string of the molecule is CCC(C)CN(CC)Cc1cc(OC)ccc1C#CCN. The molecular weight excluding hydrogens is 260 g/mol. The van der Waals surface area contributed by atoms with E-state index in [9.17, 15) is 0 Å². The normalized spacial score (nSPS) is 11.9. The number of hydrogen-bond acceptors (Lipinski definition) is 3. The minimum Gasteiger partial charge on any atom is -0.497 e.